The van der Waals surface area contributed by atoms with E-state index in [4.69, 9.17) is 0 Å². The van der Waals surface area contributed by atoms with Gasteiger partial charge in [0.1, 0.15) is 16.2 Å². The molecule has 0 aliphatic heterocycles. The van der Waals surface area contributed by atoms with Crippen LogP contribution in [0.2, 0.25) is 0 Å². The highest BCUT2D eigenvalue weighted by molar-refractivity contribution is 9.10. The van der Waals surface area contributed by atoms with E-state index in [9.17, 15) is 0 Å². The molecule has 0 aromatic carbocycles. The third kappa shape index (κ3) is 6.34. The van der Waals surface area contributed by atoms with Crippen molar-refractivity contribution in [3.8, 4) is 0 Å². The second-order valence-corrected chi connectivity index (χ2v) is 5.36. The predicted molar refractivity (Wildman–Crippen MR) is 84.6 cm³/mol. The van der Waals surface area contributed by atoms with Gasteiger partial charge in [-0.1, -0.05) is 20.8 Å². The molecule has 1 aromatic rings. The first-order valence-electron chi connectivity index (χ1n) is 7.19. The standard InChI is InChI=1S/C14H25BrN4/c1-4-8-13-17-12(15)11-14(18-13)16-9-7-10-19(5-2)6-3/h11H,4-10H2,1-3H3,(H,16,17,18). The van der Waals surface area contributed by atoms with Crippen molar-refractivity contribution >= 4 is 21.7 Å². The smallest absolute Gasteiger partial charge is 0.132 e. The molecule has 0 fully saturated rings. The summed E-state index contributed by atoms with van der Waals surface area (Å²) in [5.41, 5.74) is 0. The average Bonchev–Trinajstić information content (AvgIpc) is 2.39. The predicted octanol–water partition coefficient (Wildman–Crippen LogP) is 3.34. The van der Waals surface area contributed by atoms with Crippen LogP contribution in [-0.4, -0.2) is 41.0 Å². The molecule has 0 radical (unpaired) electrons. The second kappa shape index (κ2) is 9.26. The number of anilines is 1. The van der Waals surface area contributed by atoms with E-state index in [2.05, 4.69) is 56.9 Å². The third-order valence-electron chi connectivity index (χ3n) is 3.07. The van der Waals surface area contributed by atoms with Crippen LogP contribution in [0.4, 0.5) is 5.82 Å². The largest absolute Gasteiger partial charge is 0.370 e. The molecule has 0 saturated carbocycles. The molecule has 19 heavy (non-hydrogen) atoms. The van der Waals surface area contributed by atoms with E-state index in [0.29, 0.717) is 0 Å². The first-order valence-corrected chi connectivity index (χ1v) is 7.98. The lowest BCUT2D eigenvalue weighted by atomic mass is 10.3. The summed E-state index contributed by atoms with van der Waals surface area (Å²) in [4.78, 5) is 11.3. The Labute approximate surface area is 125 Å². The number of nitrogens with one attached hydrogen (secondary N) is 1. The van der Waals surface area contributed by atoms with Crippen LogP contribution in [0, 0.1) is 0 Å². The molecular weight excluding hydrogens is 304 g/mol. The van der Waals surface area contributed by atoms with E-state index in [0.717, 1.165) is 61.7 Å². The van der Waals surface area contributed by atoms with Gasteiger partial charge in [0.05, 0.1) is 0 Å². The highest BCUT2D eigenvalue weighted by Crippen LogP contribution is 2.13. The van der Waals surface area contributed by atoms with Gasteiger partial charge in [-0.2, -0.15) is 0 Å². The molecule has 0 aliphatic rings. The minimum Gasteiger partial charge on any atom is -0.370 e. The molecule has 0 saturated heterocycles. The maximum absolute atomic E-state index is 4.51. The quantitative estimate of drug-likeness (QED) is 0.557. The van der Waals surface area contributed by atoms with Crippen molar-refractivity contribution < 1.29 is 0 Å². The van der Waals surface area contributed by atoms with Crippen LogP contribution >= 0.6 is 15.9 Å². The summed E-state index contributed by atoms with van der Waals surface area (Å²) in [6.45, 7) is 10.9. The van der Waals surface area contributed by atoms with E-state index in [1.165, 1.54) is 0 Å². The fourth-order valence-electron chi connectivity index (χ4n) is 1.95. The first kappa shape index (κ1) is 16.4. The molecule has 1 rings (SSSR count). The minimum atomic E-state index is 0.859. The molecule has 1 aromatic heterocycles. The highest BCUT2D eigenvalue weighted by Gasteiger charge is 2.03. The molecule has 1 N–H and O–H groups in total. The number of nitrogens with zero attached hydrogens (tertiary/aromatic N) is 3. The van der Waals surface area contributed by atoms with Crippen LogP contribution < -0.4 is 5.32 Å². The molecule has 0 atom stereocenters. The fourth-order valence-corrected chi connectivity index (χ4v) is 2.37. The molecule has 108 valence electrons. The Morgan fingerprint density at radius 3 is 2.58 bits per heavy atom. The summed E-state index contributed by atoms with van der Waals surface area (Å²) < 4.78 is 0.859. The van der Waals surface area contributed by atoms with E-state index in [-0.39, 0.29) is 0 Å². The summed E-state index contributed by atoms with van der Waals surface area (Å²) in [7, 11) is 0. The molecule has 0 aliphatic carbocycles. The van der Waals surface area contributed by atoms with Crippen LogP contribution in [0.25, 0.3) is 0 Å². The van der Waals surface area contributed by atoms with Gasteiger partial charge in [0.25, 0.3) is 0 Å². The molecular formula is C14H25BrN4. The molecule has 0 spiro atoms. The topological polar surface area (TPSA) is 41.1 Å². The minimum absolute atomic E-state index is 0.859. The van der Waals surface area contributed by atoms with Gasteiger partial charge in [-0.25, -0.2) is 9.97 Å². The van der Waals surface area contributed by atoms with E-state index in [1.54, 1.807) is 0 Å². The Hall–Kier alpha value is -0.680. The SMILES string of the molecule is CCCc1nc(Br)cc(NCCCN(CC)CC)n1. The first-order chi connectivity index (χ1) is 9.19. The lowest BCUT2D eigenvalue weighted by molar-refractivity contribution is 0.303. The van der Waals surface area contributed by atoms with Crippen molar-refractivity contribution in [2.75, 3.05) is 31.5 Å². The van der Waals surface area contributed by atoms with Crippen molar-refractivity contribution in [1.82, 2.24) is 14.9 Å². The average molecular weight is 329 g/mol. The maximum atomic E-state index is 4.51. The van der Waals surface area contributed by atoms with Gasteiger partial charge < -0.3 is 10.2 Å². The monoisotopic (exact) mass is 328 g/mol. The molecule has 5 heteroatoms. The normalized spacial score (nSPS) is 11.0. The van der Waals surface area contributed by atoms with Gasteiger partial charge in [0.2, 0.25) is 0 Å². The number of aryl methyl sites for hydroxylation is 1. The molecule has 0 amide bonds. The summed E-state index contributed by atoms with van der Waals surface area (Å²) in [6, 6.07) is 1.94. The number of halogens is 1. The molecule has 0 unspecified atom stereocenters. The number of rotatable bonds is 9. The Kier molecular flexibility index (Phi) is 7.98. The second-order valence-electron chi connectivity index (χ2n) is 4.55. The van der Waals surface area contributed by atoms with Crippen molar-refractivity contribution in [1.29, 1.82) is 0 Å². The maximum Gasteiger partial charge on any atom is 0.132 e. The van der Waals surface area contributed by atoms with Crippen LogP contribution in [0.3, 0.4) is 0 Å². The fraction of sp³-hybridized carbons (Fsp3) is 0.714. The number of hydrogen-bond donors (Lipinski definition) is 1. The van der Waals surface area contributed by atoms with Crippen LogP contribution in [-0.2, 0) is 6.42 Å². The van der Waals surface area contributed by atoms with Crippen molar-refractivity contribution in [2.45, 2.75) is 40.0 Å². The van der Waals surface area contributed by atoms with Gasteiger partial charge in [-0.05, 0) is 48.4 Å². The third-order valence-corrected chi connectivity index (χ3v) is 3.47. The molecule has 4 nitrogen and oxygen atoms in total. The van der Waals surface area contributed by atoms with Gasteiger partial charge in [-0.3, -0.25) is 0 Å². The van der Waals surface area contributed by atoms with Crippen molar-refractivity contribution in [2.24, 2.45) is 0 Å². The summed E-state index contributed by atoms with van der Waals surface area (Å²) in [5, 5.41) is 3.38. The zero-order valence-corrected chi connectivity index (χ0v) is 13.8. The molecule has 1 heterocycles. The number of hydrogen-bond acceptors (Lipinski definition) is 4. The van der Waals surface area contributed by atoms with Crippen LogP contribution in [0.1, 0.15) is 39.4 Å². The van der Waals surface area contributed by atoms with Crippen molar-refractivity contribution in [3.63, 3.8) is 0 Å². The Morgan fingerprint density at radius 1 is 1.21 bits per heavy atom. The van der Waals surface area contributed by atoms with Gasteiger partial charge in [0.15, 0.2) is 0 Å². The summed E-state index contributed by atoms with van der Waals surface area (Å²) in [6.07, 6.45) is 3.12. The van der Waals surface area contributed by atoms with Gasteiger partial charge in [-0.15, -0.1) is 0 Å². The van der Waals surface area contributed by atoms with Crippen LogP contribution in [0.15, 0.2) is 10.7 Å². The highest BCUT2D eigenvalue weighted by atomic mass is 79.9. The zero-order chi connectivity index (χ0) is 14.1. The van der Waals surface area contributed by atoms with Gasteiger partial charge in [0, 0.05) is 19.0 Å². The lowest BCUT2D eigenvalue weighted by Gasteiger charge is -2.17. The van der Waals surface area contributed by atoms with Crippen molar-refractivity contribution in [3.05, 3.63) is 16.5 Å². The summed E-state index contributed by atoms with van der Waals surface area (Å²) in [5.74, 6) is 1.83. The summed E-state index contributed by atoms with van der Waals surface area (Å²) >= 11 is 3.44. The zero-order valence-electron chi connectivity index (χ0n) is 12.2. The molecule has 0 bridgehead atoms. The van der Waals surface area contributed by atoms with Gasteiger partial charge >= 0.3 is 0 Å². The van der Waals surface area contributed by atoms with E-state index < -0.39 is 0 Å². The Morgan fingerprint density at radius 2 is 1.95 bits per heavy atom. The number of aromatic nitrogens is 2. The van der Waals surface area contributed by atoms with Crippen LogP contribution in [0.5, 0.6) is 0 Å². The van der Waals surface area contributed by atoms with E-state index in [1.807, 2.05) is 6.07 Å². The lowest BCUT2D eigenvalue weighted by Crippen LogP contribution is -2.25. The Bertz CT molecular complexity index is 366. The van der Waals surface area contributed by atoms with E-state index >= 15 is 0 Å². The Balaban J connectivity index is 2.40.